The molecule has 7 nitrogen and oxygen atoms in total. The minimum absolute atomic E-state index is 0.379. The lowest BCUT2D eigenvalue weighted by Gasteiger charge is -2.29. The Balaban J connectivity index is 1.51. The van der Waals surface area contributed by atoms with E-state index in [9.17, 15) is 4.79 Å². The second kappa shape index (κ2) is 9.85. The molecule has 1 amide bonds. The zero-order chi connectivity index (χ0) is 23.5. The van der Waals surface area contributed by atoms with Gasteiger partial charge in [0.1, 0.15) is 5.56 Å². The number of morpholine rings is 1. The quantitative estimate of drug-likeness (QED) is 0.485. The van der Waals surface area contributed by atoms with Crippen LogP contribution in [0.1, 0.15) is 43.9 Å². The van der Waals surface area contributed by atoms with E-state index >= 15 is 0 Å². The average molecular weight is 468 g/mol. The summed E-state index contributed by atoms with van der Waals surface area (Å²) in [5, 5.41) is 11.3. The fourth-order valence-electron chi connectivity index (χ4n) is 4.24. The van der Waals surface area contributed by atoms with Crippen LogP contribution in [0.2, 0.25) is 5.02 Å². The molecule has 0 bridgehead atoms. The molecule has 1 aromatic heterocycles. The summed E-state index contributed by atoms with van der Waals surface area (Å²) < 4.78 is 5.42. The number of H-pyrrole nitrogens is 1. The Morgan fingerprint density at radius 3 is 2.48 bits per heavy atom. The molecule has 1 fully saturated rings. The molecule has 2 aromatic carbocycles. The highest BCUT2D eigenvalue weighted by Gasteiger charge is 2.20. The predicted octanol–water partition coefficient (Wildman–Crippen LogP) is 4.13. The molecule has 1 aliphatic heterocycles. The summed E-state index contributed by atoms with van der Waals surface area (Å²) in [4.78, 5) is 14.5. The molecule has 0 aliphatic carbocycles. The van der Waals surface area contributed by atoms with Crippen LogP contribution in [-0.2, 0) is 17.7 Å². The Hall–Kier alpha value is -3.03. The van der Waals surface area contributed by atoms with Crippen LogP contribution in [0.4, 0.5) is 11.5 Å². The predicted molar refractivity (Wildman–Crippen MR) is 132 cm³/mol. The van der Waals surface area contributed by atoms with Gasteiger partial charge in [-0.3, -0.25) is 9.89 Å². The van der Waals surface area contributed by atoms with Crippen molar-refractivity contribution in [3.05, 3.63) is 74.4 Å². The Labute approximate surface area is 199 Å². The molecule has 0 unspecified atom stereocenters. The van der Waals surface area contributed by atoms with Crippen LogP contribution >= 0.6 is 11.6 Å². The van der Waals surface area contributed by atoms with Crippen LogP contribution in [0.5, 0.6) is 0 Å². The molecule has 2 heterocycles. The normalized spacial score (nSPS) is 13.9. The number of aromatic nitrogens is 2. The van der Waals surface area contributed by atoms with Gasteiger partial charge in [-0.2, -0.15) is 5.10 Å². The molecule has 0 radical (unpaired) electrons. The Morgan fingerprint density at radius 2 is 1.85 bits per heavy atom. The van der Waals surface area contributed by atoms with Crippen LogP contribution < -0.4 is 16.0 Å². The summed E-state index contributed by atoms with van der Waals surface area (Å²) in [5.74, 6) is -0.0574. The lowest BCUT2D eigenvalue weighted by Crippen LogP contribution is -2.36. The third-order valence-corrected chi connectivity index (χ3v) is 6.58. The second-order valence-electron chi connectivity index (χ2n) is 8.56. The van der Waals surface area contributed by atoms with E-state index in [0.29, 0.717) is 48.3 Å². The van der Waals surface area contributed by atoms with Crippen LogP contribution in [-0.4, -0.2) is 42.4 Å². The minimum Gasteiger partial charge on any atom is -0.378 e. The van der Waals surface area contributed by atoms with Gasteiger partial charge in [0.25, 0.3) is 5.91 Å². The van der Waals surface area contributed by atoms with E-state index in [-0.39, 0.29) is 0 Å². The molecule has 33 heavy (non-hydrogen) atoms. The first-order valence-electron chi connectivity index (χ1n) is 11.1. The number of anilines is 2. The van der Waals surface area contributed by atoms with Crippen LogP contribution in [0.3, 0.4) is 0 Å². The molecule has 0 atom stereocenters. The number of nitrogens with one attached hydrogen (secondary N) is 2. The maximum absolute atomic E-state index is 12.3. The maximum Gasteiger partial charge on any atom is 0.254 e. The van der Waals surface area contributed by atoms with Gasteiger partial charge in [0.2, 0.25) is 0 Å². The van der Waals surface area contributed by atoms with E-state index in [2.05, 4.69) is 53.3 Å². The summed E-state index contributed by atoms with van der Waals surface area (Å²) in [5.41, 5.74) is 13.6. The number of ether oxygens (including phenoxy) is 1. The van der Waals surface area contributed by atoms with Crippen LogP contribution in [0, 0.1) is 20.8 Å². The van der Waals surface area contributed by atoms with Gasteiger partial charge in [-0.05, 0) is 60.7 Å². The molecule has 0 spiro atoms. The number of hydrogen-bond donors (Lipinski definition) is 3. The van der Waals surface area contributed by atoms with E-state index in [1.165, 1.54) is 16.7 Å². The van der Waals surface area contributed by atoms with E-state index in [0.717, 1.165) is 29.9 Å². The highest BCUT2D eigenvalue weighted by atomic mass is 35.5. The first-order valence-corrected chi connectivity index (χ1v) is 11.5. The van der Waals surface area contributed by atoms with Crippen molar-refractivity contribution in [3.8, 4) is 0 Å². The van der Waals surface area contributed by atoms with Gasteiger partial charge in [-0.15, -0.1) is 0 Å². The highest BCUT2D eigenvalue weighted by molar-refractivity contribution is 6.33. The van der Waals surface area contributed by atoms with Crippen molar-refractivity contribution in [3.63, 3.8) is 0 Å². The van der Waals surface area contributed by atoms with Crippen molar-refractivity contribution in [2.75, 3.05) is 36.5 Å². The zero-order valence-electron chi connectivity index (χ0n) is 19.3. The fraction of sp³-hybridized carbons (Fsp3) is 0.360. The fourth-order valence-corrected chi connectivity index (χ4v) is 4.56. The molecular weight excluding hydrogens is 438 g/mol. The highest BCUT2D eigenvalue weighted by Crippen LogP contribution is 2.29. The number of aromatic amines is 1. The molecule has 4 rings (SSSR count). The summed E-state index contributed by atoms with van der Waals surface area (Å²) in [7, 11) is 0. The number of aryl methyl sites for hydroxylation is 2. The number of benzene rings is 2. The largest absolute Gasteiger partial charge is 0.378 e. The zero-order valence-corrected chi connectivity index (χ0v) is 20.1. The molecule has 1 saturated heterocycles. The number of hydrogen-bond acceptors (Lipinski definition) is 5. The van der Waals surface area contributed by atoms with E-state index in [1.54, 1.807) is 0 Å². The monoisotopic (exact) mass is 467 g/mol. The molecule has 174 valence electrons. The van der Waals surface area contributed by atoms with Crippen LogP contribution in [0.15, 0.2) is 30.3 Å². The number of halogens is 1. The topological polar surface area (TPSA) is 96.3 Å². The van der Waals surface area contributed by atoms with Crippen molar-refractivity contribution in [1.29, 1.82) is 0 Å². The third kappa shape index (κ3) is 5.15. The molecule has 8 heteroatoms. The SMILES string of the molecule is Cc1cc(CNc2n[nH]c(Cc3ccc(N4CCOCC4)c(Cl)c3)c2C(N)=O)cc(C)c1C. The number of nitrogens with zero attached hydrogens (tertiary/aromatic N) is 2. The molecule has 0 saturated carbocycles. The van der Waals surface area contributed by atoms with E-state index < -0.39 is 5.91 Å². The first kappa shape index (κ1) is 23.1. The second-order valence-corrected chi connectivity index (χ2v) is 8.97. The Bertz CT molecular complexity index is 1140. The molecule has 1 aliphatic rings. The summed E-state index contributed by atoms with van der Waals surface area (Å²) in [6, 6.07) is 10.3. The van der Waals surface area contributed by atoms with Gasteiger partial charge in [-0.25, -0.2) is 0 Å². The minimum atomic E-state index is -0.520. The van der Waals surface area contributed by atoms with Gasteiger partial charge in [-0.1, -0.05) is 29.8 Å². The van der Waals surface area contributed by atoms with Crippen LogP contribution in [0.25, 0.3) is 0 Å². The van der Waals surface area contributed by atoms with Crippen molar-refractivity contribution < 1.29 is 9.53 Å². The smallest absolute Gasteiger partial charge is 0.254 e. The standard InChI is InChI=1S/C25H30ClN5O2/c1-15-10-19(11-16(2)17(15)3)14-28-25-23(24(27)32)21(29-30-25)13-18-4-5-22(20(26)12-18)31-6-8-33-9-7-31/h4-5,10-12H,6-9,13-14H2,1-3H3,(H2,27,32)(H2,28,29,30). The Morgan fingerprint density at radius 1 is 1.15 bits per heavy atom. The van der Waals surface area contributed by atoms with E-state index in [4.69, 9.17) is 22.1 Å². The van der Waals surface area contributed by atoms with E-state index in [1.807, 2.05) is 18.2 Å². The summed E-state index contributed by atoms with van der Waals surface area (Å²) in [6.45, 7) is 9.91. The number of rotatable bonds is 7. The molecule has 3 aromatic rings. The first-order chi connectivity index (χ1) is 15.8. The van der Waals surface area contributed by atoms with Crippen molar-refractivity contribution in [1.82, 2.24) is 10.2 Å². The van der Waals surface area contributed by atoms with Gasteiger partial charge in [0, 0.05) is 26.1 Å². The molecule has 4 N–H and O–H groups in total. The number of nitrogens with two attached hydrogens (primary N) is 1. The summed E-state index contributed by atoms with van der Waals surface area (Å²) >= 11 is 6.58. The van der Waals surface area contributed by atoms with Gasteiger partial charge >= 0.3 is 0 Å². The van der Waals surface area contributed by atoms with Crippen molar-refractivity contribution in [2.45, 2.75) is 33.7 Å². The number of carbonyl (C=O) groups excluding carboxylic acids is 1. The maximum atomic E-state index is 12.3. The van der Waals surface area contributed by atoms with Gasteiger partial charge in [0.15, 0.2) is 5.82 Å². The number of primary amides is 1. The van der Waals surface area contributed by atoms with Gasteiger partial charge in [0.05, 0.1) is 29.6 Å². The van der Waals surface area contributed by atoms with Crippen molar-refractivity contribution >= 4 is 29.0 Å². The number of carbonyl (C=O) groups is 1. The summed E-state index contributed by atoms with van der Waals surface area (Å²) in [6.07, 6.45) is 0.471. The third-order valence-electron chi connectivity index (χ3n) is 6.28. The average Bonchev–Trinajstić information content (AvgIpc) is 3.19. The Kier molecular flexibility index (Phi) is 6.91. The lowest BCUT2D eigenvalue weighted by atomic mass is 10.0. The lowest BCUT2D eigenvalue weighted by molar-refractivity contribution is 0.100. The number of amides is 1. The molecular formula is C25H30ClN5O2. The van der Waals surface area contributed by atoms with Crippen molar-refractivity contribution in [2.24, 2.45) is 5.73 Å². The van der Waals surface area contributed by atoms with Gasteiger partial charge < -0.3 is 20.7 Å².